The van der Waals surface area contributed by atoms with Crippen molar-refractivity contribution in [2.75, 3.05) is 0 Å². The number of nitrogens with two attached hydrogens (primary N) is 1. The van der Waals surface area contributed by atoms with Crippen LogP contribution in [0.1, 0.15) is 36.9 Å². The number of hydrogen-bond donors (Lipinski definition) is 1. The molecule has 0 aromatic carbocycles. The third kappa shape index (κ3) is 2.43. The summed E-state index contributed by atoms with van der Waals surface area (Å²) < 4.78 is 2.14. The van der Waals surface area contributed by atoms with Crippen molar-refractivity contribution in [1.82, 2.24) is 14.8 Å². The molecule has 14 heavy (non-hydrogen) atoms. The zero-order chi connectivity index (χ0) is 10.7. The second-order valence-electron chi connectivity index (χ2n) is 3.07. The van der Waals surface area contributed by atoms with Crippen molar-refractivity contribution in [3.8, 4) is 0 Å². The van der Waals surface area contributed by atoms with Crippen LogP contribution in [0.25, 0.3) is 0 Å². The number of aromatic nitrogens is 3. The van der Waals surface area contributed by atoms with Crippen molar-refractivity contribution in [3.63, 3.8) is 0 Å². The summed E-state index contributed by atoms with van der Waals surface area (Å²) in [5, 5.41) is 4.03. The van der Waals surface area contributed by atoms with Gasteiger partial charge in [0.2, 0.25) is 5.82 Å². The van der Waals surface area contributed by atoms with E-state index >= 15 is 0 Å². The van der Waals surface area contributed by atoms with Crippen LogP contribution in [-0.4, -0.2) is 24.6 Å². The van der Waals surface area contributed by atoms with Crippen LogP contribution in [-0.2, 0) is 0 Å². The summed E-state index contributed by atoms with van der Waals surface area (Å²) in [5.41, 5.74) is 5.07. The molecule has 78 valence electrons. The first-order valence-corrected chi connectivity index (χ1v) is 5.65. The van der Waals surface area contributed by atoms with Crippen LogP contribution in [0.3, 0.4) is 0 Å². The number of amides is 1. The van der Waals surface area contributed by atoms with E-state index in [4.69, 9.17) is 5.73 Å². The summed E-state index contributed by atoms with van der Waals surface area (Å²) in [6.45, 7) is 4.17. The Bertz CT molecular complexity index is 323. The minimum Gasteiger partial charge on any atom is -0.363 e. The van der Waals surface area contributed by atoms with Crippen LogP contribution in [0.5, 0.6) is 0 Å². The first-order valence-electron chi connectivity index (χ1n) is 4.41. The second-order valence-corrected chi connectivity index (χ2v) is 5.03. The Hall–Kier alpha value is -0.660. The molecule has 0 bridgehead atoms. The fraction of sp³-hybridized carbons (Fsp3) is 0.625. The maximum atomic E-state index is 10.8. The van der Waals surface area contributed by atoms with Gasteiger partial charge in [0, 0.05) is 3.92 Å². The zero-order valence-electron chi connectivity index (χ0n) is 8.14. The fourth-order valence-corrected chi connectivity index (χ4v) is 2.11. The quantitative estimate of drug-likeness (QED) is 0.670. The molecule has 6 heteroatoms. The summed E-state index contributed by atoms with van der Waals surface area (Å²) in [6, 6.07) is 0.260. The maximum Gasteiger partial charge on any atom is 0.288 e. The lowest BCUT2D eigenvalue weighted by atomic mass is 10.2. The highest BCUT2D eigenvalue weighted by Crippen LogP contribution is 2.21. The molecule has 2 N–H and O–H groups in total. The molecule has 0 aliphatic carbocycles. The van der Waals surface area contributed by atoms with E-state index in [0.29, 0.717) is 3.92 Å². The van der Waals surface area contributed by atoms with E-state index in [1.807, 2.05) is 0 Å². The van der Waals surface area contributed by atoms with Gasteiger partial charge in [-0.05, 0) is 6.42 Å². The molecule has 0 saturated heterocycles. The zero-order valence-corrected chi connectivity index (χ0v) is 10.3. The Morgan fingerprint density at radius 1 is 1.79 bits per heavy atom. The Kier molecular flexibility index (Phi) is 3.85. The number of alkyl halides is 1. The van der Waals surface area contributed by atoms with E-state index in [-0.39, 0.29) is 11.9 Å². The van der Waals surface area contributed by atoms with Crippen molar-refractivity contribution < 1.29 is 4.79 Å². The number of rotatable bonds is 4. The van der Waals surface area contributed by atoms with Gasteiger partial charge in [-0.25, -0.2) is 9.67 Å². The SMILES string of the molecule is CC[C@@H](C(C)I)n1cnc(C(N)=O)n1. The smallest absolute Gasteiger partial charge is 0.288 e. The predicted molar refractivity (Wildman–Crippen MR) is 61.3 cm³/mol. The monoisotopic (exact) mass is 308 g/mol. The molecule has 1 aromatic heterocycles. The standard InChI is InChI=1S/C8H13IN4O/c1-3-6(5(2)9)13-4-11-8(12-13)7(10)14/h4-6H,3H2,1-2H3,(H2,10,14)/t5?,6-/m0/s1. The van der Waals surface area contributed by atoms with E-state index in [1.165, 1.54) is 0 Å². The molecule has 0 saturated carbocycles. The van der Waals surface area contributed by atoms with Gasteiger partial charge in [-0.2, -0.15) is 0 Å². The molecule has 0 aliphatic rings. The minimum absolute atomic E-state index is 0.0838. The van der Waals surface area contributed by atoms with E-state index in [1.54, 1.807) is 11.0 Å². The highest BCUT2D eigenvalue weighted by molar-refractivity contribution is 14.1. The minimum atomic E-state index is -0.584. The number of carbonyl (C=O) groups is 1. The molecule has 0 fully saturated rings. The highest BCUT2D eigenvalue weighted by atomic mass is 127. The van der Waals surface area contributed by atoms with Crippen molar-refractivity contribution in [2.45, 2.75) is 30.2 Å². The van der Waals surface area contributed by atoms with Gasteiger partial charge < -0.3 is 5.73 Å². The lowest BCUT2D eigenvalue weighted by molar-refractivity contribution is 0.0990. The molecular weight excluding hydrogens is 295 g/mol. The molecule has 1 rings (SSSR count). The second kappa shape index (κ2) is 4.72. The summed E-state index contributed by atoms with van der Waals surface area (Å²) in [7, 11) is 0. The van der Waals surface area contributed by atoms with Gasteiger partial charge >= 0.3 is 0 Å². The van der Waals surface area contributed by atoms with Gasteiger partial charge in [0.1, 0.15) is 6.33 Å². The summed E-state index contributed by atoms with van der Waals surface area (Å²) in [4.78, 5) is 14.6. The van der Waals surface area contributed by atoms with Crippen molar-refractivity contribution in [2.24, 2.45) is 5.73 Å². The predicted octanol–water partition coefficient (Wildman–Crippen LogP) is 1.15. The molecule has 0 spiro atoms. The molecule has 1 unspecified atom stereocenters. The average molecular weight is 308 g/mol. The summed E-state index contributed by atoms with van der Waals surface area (Å²) >= 11 is 2.33. The molecule has 1 aromatic rings. The van der Waals surface area contributed by atoms with Crippen LogP contribution in [0.4, 0.5) is 0 Å². The third-order valence-corrected chi connectivity index (χ3v) is 2.85. The average Bonchev–Trinajstić information content (AvgIpc) is 2.53. The molecule has 1 heterocycles. The Balaban J connectivity index is 2.89. The maximum absolute atomic E-state index is 10.8. The number of carbonyl (C=O) groups excluding carboxylic acids is 1. The van der Waals surface area contributed by atoms with Crippen molar-refractivity contribution in [1.29, 1.82) is 0 Å². The Labute approximate surface area is 96.2 Å². The van der Waals surface area contributed by atoms with Crippen LogP contribution in [0.15, 0.2) is 6.33 Å². The van der Waals surface area contributed by atoms with Crippen LogP contribution in [0, 0.1) is 0 Å². The first kappa shape index (κ1) is 11.4. The summed E-state index contributed by atoms with van der Waals surface area (Å²) in [5.74, 6) is -0.500. The van der Waals surface area contributed by atoms with Crippen molar-refractivity contribution in [3.05, 3.63) is 12.2 Å². The lowest BCUT2D eigenvalue weighted by Crippen LogP contribution is -2.18. The van der Waals surface area contributed by atoms with E-state index < -0.39 is 5.91 Å². The van der Waals surface area contributed by atoms with Crippen LogP contribution >= 0.6 is 22.6 Å². The van der Waals surface area contributed by atoms with E-state index in [2.05, 4.69) is 46.5 Å². The molecule has 5 nitrogen and oxygen atoms in total. The molecule has 1 amide bonds. The Morgan fingerprint density at radius 3 is 2.79 bits per heavy atom. The normalized spacial score (nSPS) is 15.1. The number of nitrogens with zero attached hydrogens (tertiary/aromatic N) is 3. The molecule has 0 aliphatic heterocycles. The third-order valence-electron chi connectivity index (χ3n) is 2.02. The van der Waals surface area contributed by atoms with Crippen LogP contribution in [0.2, 0.25) is 0 Å². The molecule has 0 radical (unpaired) electrons. The van der Waals surface area contributed by atoms with Gasteiger partial charge in [0.15, 0.2) is 0 Å². The number of halogens is 1. The lowest BCUT2D eigenvalue weighted by Gasteiger charge is -2.17. The van der Waals surface area contributed by atoms with E-state index in [0.717, 1.165) is 6.42 Å². The van der Waals surface area contributed by atoms with Crippen LogP contribution < -0.4 is 5.73 Å². The van der Waals surface area contributed by atoms with Gasteiger partial charge in [0.25, 0.3) is 5.91 Å². The van der Waals surface area contributed by atoms with Gasteiger partial charge in [0.05, 0.1) is 6.04 Å². The highest BCUT2D eigenvalue weighted by Gasteiger charge is 2.17. The number of hydrogen-bond acceptors (Lipinski definition) is 3. The first-order chi connectivity index (χ1) is 6.56. The number of primary amides is 1. The molecular formula is C8H13IN4O. The van der Waals surface area contributed by atoms with Gasteiger partial charge in [-0.15, -0.1) is 5.10 Å². The van der Waals surface area contributed by atoms with Gasteiger partial charge in [-0.1, -0.05) is 36.4 Å². The largest absolute Gasteiger partial charge is 0.363 e. The fourth-order valence-electron chi connectivity index (χ4n) is 1.27. The van der Waals surface area contributed by atoms with E-state index in [9.17, 15) is 4.79 Å². The summed E-state index contributed by atoms with van der Waals surface area (Å²) in [6.07, 6.45) is 2.51. The Morgan fingerprint density at radius 2 is 2.43 bits per heavy atom. The topological polar surface area (TPSA) is 73.8 Å². The molecule has 2 atom stereocenters. The van der Waals surface area contributed by atoms with Crippen molar-refractivity contribution >= 4 is 28.5 Å². The van der Waals surface area contributed by atoms with Gasteiger partial charge in [-0.3, -0.25) is 4.79 Å².